The van der Waals surface area contributed by atoms with Crippen LogP contribution in [0.15, 0.2) is 34.9 Å². The molecule has 0 amide bonds. The molecule has 4 heteroatoms. The summed E-state index contributed by atoms with van der Waals surface area (Å²) in [6.45, 7) is 5.77. The van der Waals surface area contributed by atoms with Gasteiger partial charge in [-0.25, -0.2) is 0 Å². The van der Waals surface area contributed by atoms with Crippen LogP contribution >= 0.6 is 15.9 Å². The van der Waals surface area contributed by atoms with Crippen molar-refractivity contribution in [1.82, 2.24) is 9.88 Å². The largest absolute Gasteiger partial charge is 0.380 e. The van der Waals surface area contributed by atoms with Gasteiger partial charge in [-0.3, -0.25) is 4.98 Å². The molecule has 1 fully saturated rings. The number of para-hydroxylation sites is 1. The third-order valence-corrected chi connectivity index (χ3v) is 5.06. The van der Waals surface area contributed by atoms with E-state index in [2.05, 4.69) is 76.3 Å². The first-order valence-electron chi connectivity index (χ1n) is 7.55. The smallest absolute Gasteiger partial charge is 0.0934 e. The van der Waals surface area contributed by atoms with Gasteiger partial charge in [0, 0.05) is 34.7 Å². The van der Waals surface area contributed by atoms with Crippen molar-refractivity contribution in [2.75, 3.05) is 18.9 Å². The number of hydrogen-bond donors (Lipinski definition) is 1. The van der Waals surface area contributed by atoms with Gasteiger partial charge in [-0.1, -0.05) is 19.1 Å². The minimum absolute atomic E-state index is 0.507. The van der Waals surface area contributed by atoms with Crippen molar-refractivity contribution < 1.29 is 0 Å². The van der Waals surface area contributed by atoms with Crippen molar-refractivity contribution in [3.8, 4) is 0 Å². The standard InChI is InChI=1S/C17H22BrN3/c1-11-10-21(3)12(2)7-16(11)20-15-6-4-5-13-8-14(18)9-19-17(13)15/h4-6,8-9,11-12,16,20H,7,10H2,1-3H3. The molecule has 1 N–H and O–H groups in total. The quantitative estimate of drug-likeness (QED) is 0.884. The number of nitrogens with one attached hydrogen (secondary N) is 1. The van der Waals surface area contributed by atoms with Gasteiger partial charge < -0.3 is 10.2 Å². The molecule has 3 rings (SSSR count). The number of fused-ring (bicyclic) bond motifs is 1. The summed E-state index contributed by atoms with van der Waals surface area (Å²) in [5.74, 6) is 0.636. The van der Waals surface area contributed by atoms with E-state index in [1.54, 1.807) is 0 Å². The number of benzene rings is 1. The van der Waals surface area contributed by atoms with Crippen molar-refractivity contribution >= 4 is 32.5 Å². The molecular formula is C17H22BrN3. The van der Waals surface area contributed by atoms with E-state index in [0.29, 0.717) is 18.0 Å². The molecule has 112 valence electrons. The molecule has 0 spiro atoms. The second-order valence-corrected chi connectivity index (χ2v) is 7.20. The second-order valence-electron chi connectivity index (χ2n) is 6.28. The fraction of sp³-hybridized carbons (Fsp3) is 0.471. The second kappa shape index (κ2) is 5.93. The first-order chi connectivity index (χ1) is 10.0. The Kier molecular flexibility index (Phi) is 4.18. The Morgan fingerprint density at radius 1 is 1.33 bits per heavy atom. The molecule has 1 saturated heterocycles. The van der Waals surface area contributed by atoms with Gasteiger partial charge in [0.05, 0.1) is 11.2 Å². The SMILES string of the molecule is CC1CN(C)C(C)CC1Nc1cccc2cc(Br)cnc12. The van der Waals surface area contributed by atoms with Crippen LogP contribution in [0.2, 0.25) is 0 Å². The van der Waals surface area contributed by atoms with Crippen LogP contribution < -0.4 is 5.32 Å². The lowest BCUT2D eigenvalue weighted by molar-refractivity contribution is 0.146. The molecule has 3 nitrogen and oxygen atoms in total. The highest BCUT2D eigenvalue weighted by Crippen LogP contribution is 2.28. The molecule has 1 aliphatic heterocycles. The molecule has 21 heavy (non-hydrogen) atoms. The van der Waals surface area contributed by atoms with Gasteiger partial charge in [0.15, 0.2) is 0 Å². The summed E-state index contributed by atoms with van der Waals surface area (Å²) in [5.41, 5.74) is 2.20. The molecule has 1 aliphatic rings. The highest BCUT2D eigenvalue weighted by molar-refractivity contribution is 9.10. The molecule has 1 aromatic heterocycles. The predicted molar refractivity (Wildman–Crippen MR) is 92.7 cm³/mol. The maximum atomic E-state index is 4.59. The fourth-order valence-corrected chi connectivity index (χ4v) is 3.54. The topological polar surface area (TPSA) is 28.2 Å². The van der Waals surface area contributed by atoms with Gasteiger partial charge in [-0.2, -0.15) is 0 Å². The number of nitrogens with zero attached hydrogens (tertiary/aromatic N) is 2. The van der Waals surface area contributed by atoms with Gasteiger partial charge in [0.2, 0.25) is 0 Å². The summed E-state index contributed by atoms with van der Waals surface area (Å²) in [7, 11) is 2.22. The molecule has 0 aliphatic carbocycles. The first kappa shape index (κ1) is 14.8. The number of pyridine rings is 1. The van der Waals surface area contributed by atoms with Crippen LogP contribution in [0, 0.1) is 5.92 Å². The van der Waals surface area contributed by atoms with E-state index in [9.17, 15) is 0 Å². The van der Waals surface area contributed by atoms with Crippen LogP contribution in [0.25, 0.3) is 10.9 Å². The Labute approximate surface area is 134 Å². The average Bonchev–Trinajstić information content (AvgIpc) is 2.44. The Bertz CT molecular complexity index is 643. The normalized spacial score (nSPS) is 27.0. The number of hydrogen-bond acceptors (Lipinski definition) is 3. The van der Waals surface area contributed by atoms with Gasteiger partial charge in [-0.05, 0) is 54.4 Å². The minimum Gasteiger partial charge on any atom is -0.380 e. The molecule has 3 atom stereocenters. The van der Waals surface area contributed by atoms with Gasteiger partial charge in [0.1, 0.15) is 0 Å². The summed E-state index contributed by atoms with van der Waals surface area (Å²) < 4.78 is 1.02. The zero-order chi connectivity index (χ0) is 15.0. The zero-order valence-corrected chi connectivity index (χ0v) is 14.4. The Hall–Kier alpha value is -1.13. The number of halogens is 1. The Balaban J connectivity index is 1.88. The highest BCUT2D eigenvalue weighted by Gasteiger charge is 2.29. The van der Waals surface area contributed by atoms with Crippen LogP contribution in [-0.2, 0) is 0 Å². The molecule has 2 aromatic rings. The van der Waals surface area contributed by atoms with E-state index in [0.717, 1.165) is 22.2 Å². The molecule has 0 radical (unpaired) electrons. The van der Waals surface area contributed by atoms with Crippen molar-refractivity contribution in [3.63, 3.8) is 0 Å². The fourth-order valence-electron chi connectivity index (χ4n) is 3.19. The molecular weight excluding hydrogens is 326 g/mol. The van der Waals surface area contributed by atoms with E-state index in [-0.39, 0.29) is 0 Å². The average molecular weight is 348 g/mol. The molecule has 3 unspecified atom stereocenters. The lowest BCUT2D eigenvalue weighted by atomic mass is 9.89. The summed E-state index contributed by atoms with van der Waals surface area (Å²) in [4.78, 5) is 7.03. The maximum absolute atomic E-state index is 4.59. The van der Waals surface area contributed by atoms with Crippen LogP contribution in [-0.4, -0.2) is 35.6 Å². The third-order valence-electron chi connectivity index (χ3n) is 4.63. The van der Waals surface area contributed by atoms with E-state index in [1.807, 2.05) is 6.20 Å². The van der Waals surface area contributed by atoms with Crippen molar-refractivity contribution in [3.05, 3.63) is 34.9 Å². The highest BCUT2D eigenvalue weighted by atomic mass is 79.9. The van der Waals surface area contributed by atoms with Crippen LogP contribution in [0.3, 0.4) is 0 Å². The van der Waals surface area contributed by atoms with Crippen LogP contribution in [0.1, 0.15) is 20.3 Å². The summed E-state index contributed by atoms with van der Waals surface area (Å²) >= 11 is 3.49. The van der Waals surface area contributed by atoms with Gasteiger partial charge >= 0.3 is 0 Å². The third kappa shape index (κ3) is 3.06. The lowest BCUT2D eigenvalue weighted by Gasteiger charge is -2.40. The van der Waals surface area contributed by atoms with Crippen LogP contribution in [0.5, 0.6) is 0 Å². The van der Waals surface area contributed by atoms with E-state index >= 15 is 0 Å². The molecule has 0 bridgehead atoms. The Morgan fingerprint density at radius 3 is 2.95 bits per heavy atom. The Morgan fingerprint density at radius 2 is 2.14 bits per heavy atom. The number of likely N-dealkylation sites (tertiary alicyclic amines) is 1. The summed E-state index contributed by atoms with van der Waals surface area (Å²) in [5, 5.41) is 4.91. The molecule has 0 saturated carbocycles. The van der Waals surface area contributed by atoms with E-state index in [1.165, 1.54) is 11.8 Å². The van der Waals surface area contributed by atoms with Gasteiger partial charge in [-0.15, -0.1) is 0 Å². The first-order valence-corrected chi connectivity index (χ1v) is 8.35. The maximum Gasteiger partial charge on any atom is 0.0934 e. The minimum atomic E-state index is 0.507. The number of aromatic nitrogens is 1. The van der Waals surface area contributed by atoms with Crippen LogP contribution in [0.4, 0.5) is 5.69 Å². The van der Waals surface area contributed by atoms with E-state index < -0.39 is 0 Å². The van der Waals surface area contributed by atoms with Gasteiger partial charge in [0.25, 0.3) is 0 Å². The lowest BCUT2D eigenvalue weighted by Crippen LogP contribution is -2.48. The zero-order valence-electron chi connectivity index (χ0n) is 12.8. The molecule has 2 heterocycles. The van der Waals surface area contributed by atoms with E-state index in [4.69, 9.17) is 0 Å². The number of rotatable bonds is 2. The monoisotopic (exact) mass is 347 g/mol. The molecule has 1 aromatic carbocycles. The summed E-state index contributed by atoms with van der Waals surface area (Å²) in [6, 6.07) is 9.59. The number of anilines is 1. The predicted octanol–water partition coefficient (Wildman–Crippen LogP) is 4.14. The number of piperidine rings is 1. The van der Waals surface area contributed by atoms with Crippen molar-refractivity contribution in [1.29, 1.82) is 0 Å². The van der Waals surface area contributed by atoms with Crippen molar-refractivity contribution in [2.24, 2.45) is 5.92 Å². The summed E-state index contributed by atoms with van der Waals surface area (Å²) in [6.07, 6.45) is 3.04. The van der Waals surface area contributed by atoms with Crippen molar-refractivity contribution in [2.45, 2.75) is 32.4 Å².